The zero-order valence-corrected chi connectivity index (χ0v) is 8.45. The van der Waals surface area contributed by atoms with E-state index in [9.17, 15) is 0 Å². The maximum Gasteiger partial charge on any atom is 0.225 e. The number of nitrogens with zero attached hydrogens (tertiary/aromatic N) is 3. The number of oxime groups is 1. The first kappa shape index (κ1) is 10.3. The summed E-state index contributed by atoms with van der Waals surface area (Å²) in [6.07, 6.45) is 2.77. The maximum absolute atomic E-state index is 8.47. The summed E-state index contributed by atoms with van der Waals surface area (Å²) in [5.74, 6) is 0.635. The molecule has 0 N–H and O–H groups in total. The fourth-order valence-electron chi connectivity index (χ4n) is 1.01. The average Bonchev–Trinajstić information content (AvgIpc) is 2.19. The third-order valence-electron chi connectivity index (χ3n) is 1.91. The van der Waals surface area contributed by atoms with Crippen LogP contribution in [0.25, 0.3) is 0 Å². The molecule has 14 heavy (non-hydrogen) atoms. The number of hydrogen-bond acceptors (Lipinski definition) is 4. The Bertz CT molecular complexity index is 336. The van der Waals surface area contributed by atoms with E-state index in [1.54, 1.807) is 6.92 Å². The van der Waals surface area contributed by atoms with E-state index in [4.69, 9.17) is 10.1 Å². The maximum atomic E-state index is 8.47. The van der Waals surface area contributed by atoms with Crippen LogP contribution in [0, 0.1) is 11.3 Å². The molecule has 1 aliphatic rings. The van der Waals surface area contributed by atoms with Gasteiger partial charge in [0.15, 0.2) is 5.71 Å². The summed E-state index contributed by atoms with van der Waals surface area (Å²) in [6.45, 7) is 6.31. The van der Waals surface area contributed by atoms with E-state index in [2.05, 4.69) is 11.7 Å². The summed E-state index contributed by atoms with van der Waals surface area (Å²) in [6, 6.07) is 1.89. The lowest BCUT2D eigenvalue weighted by molar-refractivity contribution is 0.130. The van der Waals surface area contributed by atoms with Gasteiger partial charge in [-0.25, -0.2) is 0 Å². The molecule has 4 heteroatoms. The van der Waals surface area contributed by atoms with Crippen molar-refractivity contribution in [1.82, 2.24) is 4.90 Å². The van der Waals surface area contributed by atoms with Crippen molar-refractivity contribution in [1.29, 1.82) is 5.26 Å². The highest BCUT2D eigenvalue weighted by molar-refractivity contribution is 5.95. The lowest BCUT2D eigenvalue weighted by Crippen LogP contribution is -2.23. The van der Waals surface area contributed by atoms with Crippen LogP contribution in [0.15, 0.2) is 29.3 Å². The molecule has 0 aromatic rings. The molecule has 1 rings (SSSR count). The SMILES string of the molecule is C=C1C=C(O/N=C(\C)C#N)N(C)CC1. The van der Waals surface area contributed by atoms with Crippen LogP contribution in [-0.2, 0) is 4.84 Å². The Morgan fingerprint density at radius 3 is 3.14 bits per heavy atom. The zero-order valence-electron chi connectivity index (χ0n) is 8.45. The van der Waals surface area contributed by atoms with E-state index in [1.807, 2.05) is 24.1 Å². The van der Waals surface area contributed by atoms with Crippen LogP contribution in [0.4, 0.5) is 0 Å². The van der Waals surface area contributed by atoms with Crippen molar-refractivity contribution in [3.8, 4) is 6.07 Å². The van der Waals surface area contributed by atoms with Crippen molar-refractivity contribution in [2.24, 2.45) is 5.16 Å². The van der Waals surface area contributed by atoms with Gasteiger partial charge in [-0.15, -0.1) is 0 Å². The lowest BCUT2D eigenvalue weighted by Gasteiger charge is -2.24. The van der Waals surface area contributed by atoms with E-state index >= 15 is 0 Å². The number of nitriles is 1. The Morgan fingerprint density at radius 1 is 1.79 bits per heavy atom. The van der Waals surface area contributed by atoms with E-state index in [1.165, 1.54) is 0 Å². The predicted octanol–water partition coefficient (Wildman–Crippen LogP) is 1.64. The molecule has 0 amide bonds. The first-order valence-electron chi connectivity index (χ1n) is 4.36. The third kappa shape index (κ3) is 2.63. The largest absolute Gasteiger partial charge is 0.343 e. The fourth-order valence-corrected chi connectivity index (χ4v) is 1.01. The summed E-state index contributed by atoms with van der Waals surface area (Å²) in [4.78, 5) is 7.04. The molecule has 0 unspecified atom stereocenters. The molecule has 0 aromatic carbocycles. The molecule has 0 aromatic heterocycles. The number of hydrogen-bond donors (Lipinski definition) is 0. The Morgan fingerprint density at radius 2 is 2.50 bits per heavy atom. The first-order chi connectivity index (χ1) is 6.63. The topological polar surface area (TPSA) is 48.6 Å². The van der Waals surface area contributed by atoms with Crippen molar-refractivity contribution >= 4 is 5.71 Å². The van der Waals surface area contributed by atoms with Crippen molar-refractivity contribution in [2.75, 3.05) is 13.6 Å². The molecule has 0 bridgehead atoms. The van der Waals surface area contributed by atoms with Crippen molar-refractivity contribution in [2.45, 2.75) is 13.3 Å². The van der Waals surface area contributed by atoms with E-state index in [0.717, 1.165) is 18.5 Å². The molecule has 0 saturated heterocycles. The van der Waals surface area contributed by atoms with Crippen molar-refractivity contribution in [3.63, 3.8) is 0 Å². The van der Waals surface area contributed by atoms with Gasteiger partial charge in [0, 0.05) is 19.7 Å². The van der Waals surface area contributed by atoms with Crippen molar-refractivity contribution < 1.29 is 4.84 Å². The van der Waals surface area contributed by atoms with E-state index < -0.39 is 0 Å². The zero-order chi connectivity index (χ0) is 10.6. The second-order valence-electron chi connectivity index (χ2n) is 3.19. The van der Waals surface area contributed by atoms with Crippen LogP contribution in [0.1, 0.15) is 13.3 Å². The Hall–Kier alpha value is -1.76. The van der Waals surface area contributed by atoms with Crippen LogP contribution in [0.3, 0.4) is 0 Å². The summed E-state index contributed by atoms with van der Waals surface area (Å²) < 4.78 is 0. The minimum Gasteiger partial charge on any atom is -0.343 e. The van der Waals surface area contributed by atoms with Gasteiger partial charge in [-0.3, -0.25) is 0 Å². The summed E-state index contributed by atoms with van der Waals surface area (Å²) >= 11 is 0. The second-order valence-corrected chi connectivity index (χ2v) is 3.19. The molecule has 0 fully saturated rings. The molecular weight excluding hydrogens is 178 g/mol. The lowest BCUT2D eigenvalue weighted by atomic mass is 10.1. The van der Waals surface area contributed by atoms with Gasteiger partial charge in [-0.05, 0) is 18.9 Å². The molecule has 4 nitrogen and oxygen atoms in total. The standard InChI is InChI=1S/C10H13N3O/c1-8-4-5-13(3)10(6-8)14-12-9(2)7-11/h6H,1,4-5H2,2-3H3/b12-9+. The summed E-state index contributed by atoms with van der Waals surface area (Å²) in [5.41, 5.74) is 1.32. The molecule has 1 heterocycles. The highest BCUT2D eigenvalue weighted by Crippen LogP contribution is 2.17. The van der Waals surface area contributed by atoms with Crippen LogP contribution in [0.2, 0.25) is 0 Å². The van der Waals surface area contributed by atoms with Gasteiger partial charge >= 0.3 is 0 Å². The predicted molar refractivity (Wildman–Crippen MR) is 54.3 cm³/mol. The molecule has 1 aliphatic heterocycles. The van der Waals surface area contributed by atoms with Gasteiger partial charge in [0.05, 0.1) is 0 Å². The van der Waals surface area contributed by atoms with Gasteiger partial charge in [0.2, 0.25) is 5.88 Å². The molecular formula is C10H13N3O. The fraction of sp³-hybridized carbons (Fsp3) is 0.400. The molecule has 74 valence electrons. The van der Waals surface area contributed by atoms with Crippen molar-refractivity contribution in [3.05, 3.63) is 24.1 Å². The Kier molecular flexibility index (Phi) is 3.29. The van der Waals surface area contributed by atoms with Gasteiger partial charge < -0.3 is 9.74 Å². The van der Waals surface area contributed by atoms with E-state index in [0.29, 0.717) is 11.6 Å². The minimum absolute atomic E-state index is 0.301. The van der Waals surface area contributed by atoms with Crippen LogP contribution in [-0.4, -0.2) is 24.2 Å². The highest BCUT2D eigenvalue weighted by atomic mass is 16.6. The molecule has 0 radical (unpaired) electrons. The normalized spacial score (nSPS) is 17.5. The van der Waals surface area contributed by atoms with Crippen LogP contribution < -0.4 is 0 Å². The smallest absolute Gasteiger partial charge is 0.225 e. The molecule has 0 atom stereocenters. The summed E-state index contributed by atoms with van der Waals surface area (Å²) in [7, 11) is 1.91. The van der Waals surface area contributed by atoms with E-state index in [-0.39, 0.29) is 0 Å². The molecule has 0 saturated carbocycles. The van der Waals surface area contributed by atoms with Gasteiger partial charge in [-0.1, -0.05) is 11.7 Å². The van der Waals surface area contributed by atoms with Gasteiger partial charge in [0.1, 0.15) is 6.07 Å². The average molecular weight is 191 g/mol. The molecule has 0 aliphatic carbocycles. The quantitative estimate of drug-likeness (QED) is 0.492. The second kappa shape index (κ2) is 4.47. The van der Waals surface area contributed by atoms with Gasteiger partial charge in [-0.2, -0.15) is 5.26 Å². The highest BCUT2D eigenvalue weighted by Gasteiger charge is 2.12. The third-order valence-corrected chi connectivity index (χ3v) is 1.91. The number of allylic oxidation sites excluding steroid dienone is 1. The molecule has 0 spiro atoms. The first-order valence-corrected chi connectivity index (χ1v) is 4.36. The monoisotopic (exact) mass is 191 g/mol. The Labute approximate surface area is 83.8 Å². The van der Waals surface area contributed by atoms with Gasteiger partial charge in [0.25, 0.3) is 0 Å². The van der Waals surface area contributed by atoms with Crippen LogP contribution in [0.5, 0.6) is 0 Å². The minimum atomic E-state index is 0.301. The Balaban J connectivity index is 2.68. The summed E-state index contributed by atoms with van der Waals surface area (Å²) in [5, 5.41) is 12.1. The van der Waals surface area contributed by atoms with Crippen LogP contribution >= 0.6 is 0 Å². The number of rotatable bonds is 2.